The topological polar surface area (TPSA) is 128 Å². The molecule has 1 atom stereocenters. The second kappa shape index (κ2) is 8.21. The van der Waals surface area contributed by atoms with E-state index in [1.165, 1.54) is 25.2 Å². The van der Waals surface area contributed by atoms with E-state index in [1.807, 2.05) is 0 Å². The number of hydrogen-bond donors (Lipinski definition) is 1. The number of benzene rings is 1. The molecule has 0 bridgehead atoms. The Morgan fingerprint density at radius 2 is 2.04 bits per heavy atom. The quantitative estimate of drug-likeness (QED) is 0.530. The molecule has 2 rings (SSSR count). The molecule has 1 aromatic rings. The van der Waals surface area contributed by atoms with Crippen molar-refractivity contribution in [3.8, 4) is 11.5 Å². The molecule has 1 aliphatic heterocycles. The molecule has 0 aromatic heterocycles. The van der Waals surface area contributed by atoms with Crippen LogP contribution in [-0.4, -0.2) is 67.3 Å². The van der Waals surface area contributed by atoms with E-state index in [0.29, 0.717) is 0 Å². The van der Waals surface area contributed by atoms with Crippen LogP contribution in [0.25, 0.3) is 0 Å². The molecule has 0 saturated carbocycles. The van der Waals surface area contributed by atoms with Crippen LogP contribution in [-0.2, 0) is 9.53 Å². The van der Waals surface area contributed by atoms with Gasteiger partial charge in [-0.1, -0.05) is 0 Å². The number of carboxylic acids is 1. The Hall–Kier alpha value is -2.88. The molecular weight excluding hydrogens is 360 g/mol. The van der Waals surface area contributed by atoms with Gasteiger partial charge >= 0.3 is 5.97 Å². The Labute approximate surface area is 155 Å². The van der Waals surface area contributed by atoms with Crippen molar-refractivity contribution in [3.63, 3.8) is 0 Å². The third kappa shape index (κ3) is 3.95. The molecule has 27 heavy (non-hydrogen) atoms. The minimum Gasteiger partial charge on any atom is -0.493 e. The first-order chi connectivity index (χ1) is 12.8. The summed E-state index contributed by atoms with van der Waals surface area (Å²) in [7, 11) is 2.75. The Balaban J connectivity index is 2.41. The lowest BCUT2D eigenvalue weighted by molar-refractivity contribution is -0.385. The lowest BCUT2D eigenvalue weighted by atomic mass is 9.88. The summed E-state index contributed by atoms with van der Waals surface area (Å²) in [5, 5.41) is 21.0. The highest BCUT2D eigenvalue weighted by Gasteiger charge is 2.47. The summed E-state index contributed by atoms with van der Waals surface area (Å²) in [6.07, 6.45) is 0.198. The van der Waals surface area contributed by atoms with Crippen LogP contribution in [0.15, 0.2) is 12.1 Å². The van der Waals surface area contributed by atoms with Crippen molar-refractivity contribution < 1.29 is 33.8 Å². The zero-order valence-electron chi connectivity index (χ0n) is 15.4. The van der Waals surface area contributed by atoms with E-state index in [1.54, 1.807) is 6.92 Å². The van der Waals surface area contributed by atoms with E-state index in [-0.39, 0.29) is 49.8 Å². The number of methoxy groups -OCH3 is 2. The predicted molar refractivity (Wildman–Crippen MR) is 93.3 cm³/mol. The van der Waals surface area contributed by atoms with Crippen molar-refractivity contribution >= 4 is 17.6 Å². The van der Waals surface area contributed by atoms with E-state index in [2.05, 4.69) is 0 Å². The minimum absolute atomic E-state index is 0.0548. The van der Waals surface area contributed by atoms with E-state index in [4.69, 9.17) is 14.2 Å². The van der Waals surface area contributed by atoms with Gasteiger partial charge in [0.1, 0.15) is 11.0 Å². The Kier molecular flexibility index (Phi) is 6.21. The van der Waals surface area contributed by atoms with Crippen molar-refractivity contribution in [2.45, 2.75) is 13.3 Å². The van der Waals surface area contributed by atoms with Gasteiger partial charge in [0.25, 0.3) is 11.6 Å². The van der Waals surface area contributed by atoms with Crippen molar-refractivity contribution in [1.82, 2.24) is 4.90 Å². The van der Waals surface area contributed by atoms with Gasteiger partial charge in [-0.05, 0) is 13.3 Å². The van der Waals surface area contributed by atoms with E-state index >= 15 is 0 Å². The molecule has 0 spiro atoms. The zero-order chi connectivity index (χ0) is 20.2. The average Bonchev–Trinajstić information content (AvgIpc) is 3.07. The molecule has 1 fully saturated rings. The van der Waals surface area contributed by atoms with Crippen molar-refractivity contribution in [3.05, 3.63) is 27.8 Å². The van der Waals surface area contributed by atoms with E-state index < -0.39 is 27.9 Å². The number of carbonyl (C=O) groups excluding carboxylic acids is 1. The molecule has 1 unspecified atom stereocenters. The summed E-state index contributed by atoms with van der Waals surface area (Å²) in [6.45, 7) is 1.99. The van der Waals surface area contributed by atoms with Gasteiger partial charge in [0.15, 0.2) is 11.5 Å². The molecule has 1 amide bonds. The lowest BCUT2D eigenvalue weighted by Gasteiger charge is -2.24. The van der Waals surface area contributed by atoms with Gasteiger partial charge < -0.3 is 24.2 Å². The van der Waals surface area contributed by atoms with Crippen molar-refractivity contribution in [2.75, 3.05) is 40.5 Å². The summed E-state index contributed by atoms with van der Waals surface area (Å²) < 4.78 is 15.5. The average molecular weight is 382 g/mol. The van der Waals surface area contributed by atoms with Gasteiger partial charge in [-0.15, -0.1) is 0 Å². The maximum absolute atomic E-state index is 12.9. The van der Waals surface area contributed by atoms with Gasteiger partial charge in [-0.2, -0.15) is 0 Å². The summed E-state index contributed by atoms with van der Waals surface area (Å²) >= 11 is 0. The summed E-state index contributed by atoms with van der Waals surface area (Å²) in [4.78, 5) is 36.6. The SMILES string of the molecule is CCOc1cc([N+](=O)[O-])c(C(=O)N2CCC(COC)(C(=O)O)C2)cc1OC. The number of nitrogens with zero attached hydrogens (tertiary/aromatic N) is 2. The van der Waals surface area contributed by atoms with E-state index in [0.717, 1.165) is 6.07 Å². The van der Waals surface area contributed by atoms with Gasteiger partial charge in [0, 0.05) is 26.3 Å². The molecule has 1 saturated heterocycles. The fourth-order valence-corrected chi connectivity index (χ4v) is 3.15. The first-order valence-electron chi connectivity index (χ1n) is 8.30. The number of nitro groups is 1. The first kappa shape index (κ1) is 20.4. The van der Waals surface area contributed by atoms with Gasteiger partial charge in [0.2, 0.25) is 0 Å². The fraction of sp³-hybridized carbons (Fsp3) is 0.529. The fourth-order valence-electron chi connectivity index (χ4n) is 3.15. The molecule has 1 aliphatic rings. The van der Waals surface area contributed by atoms with Crippen LogP contribution in [0.5, 0.6) is 11.5 Å². The number of amides is 1. The summed E-state index contributed by atoms with van der Waals surface area (Å²) in [6, 6.07) is 2.40. The molecule has 10 heteroatoms. The normalized spacial score (nSPS) is 19.0. The van der Waals surface area contributed by atoms with Crippen LogP contribution < -0.4 is 9.47 Å². The predicted octanol–water partition coefficient (Wildman–Crippen LogP) is 1.57. The van der Waals surface area contributed by atoms with Crippen LogP contribution in [0.4, 0.5) is 5.69 Å². The highest BCUT2D eigenvalue weighted by Crippen LogP contribution is 2.37. The number of nitro benzene ring substituents is 1. The van der Waals surface area contributed by atoms with Gasteiger partial charge in [-0.25, -0.2) is 0 Å². The lowest BCUT2D eigenvalue weighted by Crippen LogP contribution is -2.40. The van der Waals surface area contributed by atoms with Crippen molar-refractivity contribution in [1.29, 1.82) is 0 Å². The van der Waals surface area contributed by atoms with Crippen LogP contribution in [0, 0.1) is 15.5 Å². The number of ether oxygens (including phenoxy) is 3. The molecule has 1 N–H and O–H groups in total. The largest absolute Gasteiger partial charge is 0.493 e. The number of rotatable bonds is 8. The number of carboxylic acid groups (broad SMARTS) is 1. The number of hydrogen-bond acceptors (Lipinski definition) is 7. The maximum atomic E-state index is 12.9. The number of carbonyl (C=O) groups is 2. The number of aliphatic carboxylic acids is 1. The van der Waals surface area contributed by atoms with Crippen LogP contribution in [0.2, 0.25) is 0 Å². The van der Waals surface area contributed by atoms with Gasteiger partial charge in [-0.3, -0.25) is 19.7 Å². The maximum Gasteiger partial charge on any atom is 0.313 e. The molecule has 0 aliphatic carbocycles. The second-order valence-electron chi connectivity index (χ2n) is 6.21. The van der Waals surface area contributed by atoms with Crippen LogP contribution in [0.1, 0.15) is 23.7 Å². The Bertz CT molecular complexity index is 751. The number of likely N-dealkylation sites (tertiary alicyclic amines) is 1. The first-order valence-corrected chi connectivity index (χ1v) is 8.30. The van der Waals surface area contributed by atoms with Crippen LogP contribution >= 0.6 is 0 Å². The molecule has 148 valence electrons. The molecule has 0 radical (unpaired) electrons. The standard InChI is InChI=1S/C17H22N2O8/c1-4-27-14-8-12(19(23)24)11(7-13(14)26-3)15(20)18-6-5-17(9-18,10-25-2)16(21)22/h7-8H,4-6,9-10H2,1-3H3,(H,21,22). The second-order valence-corrected chi connectivity index (χ2v) is 6.21. The van der Waals surface area contributed by atoms with Gasteiger partial charge in [0.05, 0.1) is 31.3 Å². The molecule has 1 aromatic carbocycles. The highest BCUT2D eigenvalue weighted by atomic mass is 16.6. The highest BCUT2D eigenvalue weighted by molar-refractivity contribution is 5.99. The van der Waals surface area contributed by atoms with E-state index in [9.17, 15) is 24.8 Å². The van der Waals surface area contributed by atoms with Crippen LogP contribution in [0.3, 0.4) is 0 Å². The minimum atomic E-state index is -1.23. The summed E-state index contributed by atoms with van der Waals surface area (Å²) in [5.74, 6) is -1.36. The molecule has 1 heterocycles. The third-order valence-electron chi connectivity index (χ3n) is 4.52. The zero-order valence-corrected chi connectivity index (χ0v) is 15.4. The Morgan fingerprint density at radius 3 is 2.56 bits per heavy atom. The Morgan fingerprint density at radius 1 is 1.33 bits per heavy atom. The third-order valence-corrected chi connectivity index (χ3v) is 4.52. The monoisotopic (exact) mass is 382 g/mol. The van der Waals surface area contributed by atoms with Crippen molar-refractivity contribution in [2.24, 2.45) is 5.41 Å². The molecular formula is C17H22N2O8. The smallest absolute Gasteiger partial charge is 0.313 e. The summed E-state index contributed by atoms with van der Waals surface area (Å²) in [5.41, 5.74) is -1.84. The molecule has 10 nitrogen and oxygen atoms in total.